The van der Waals surface area contributed by atoms with E-state index in [1.54, 1.807) is 12.1 Å². The van der Waals surface area contributed by atoms with E-state index in [0.717, 1.165) is 12.0 Å². The zero-order valence-electron chi connectivity index (χ0n) is 17.5. The Morgan fingerprint density at radius 2 is 1.78 bits per heavy atom. The molecule has 0 amide bonds. The highest BCUT2D eigenvalue weighted by atomic mass is 16.6. The molecule has 0 spiro atoms. The summed E-state index contributed by atoms with van der Waals surface area (Å²) in [5.41, 5.74) is 1.61. The molecule has 5 atom stereocenters. The van der Waals surface area contributed by atoms with Gasteiger partial charge < -0.3 is 14.2 Å². The highest BCUT2D eigenvalue weighted by Crippen LogP contribution is 2.57. The largest absolute Gasteiger partial charge is 0.462 e. The summed E-state index contributed by atoms with van der Waals surface area (Å²) in [6, 6.07) is 13.2. The maximum absolute atomic E-state index is 12.6. The van der Waals surface area contributed by atoms with E-state index in [4.69, 9.17) is 14.2 Å². The number of ether oxygens (including phenoxy) is 3. The van der Waals surface area contributed by atoms with Gasteiger partial charge in [-0.05, 0) is 61.6 Å². The van der Waals surface area contributed by atoms with Gasteiger partial charge in [-0.15, -0.1) is 0 Å². The summed E-state index contributed by atoms with van der Waals surface area (Å²) in [6.07, 6.45) is 1.45. The molecule has 0 unspecified atom stereocenters. The summed E-state index contributed by atoms with van der Waals surface area (Å²) in [6.45, 7) is 1.42. The van der Waals surface area contributed by atoms with Gasteiger partial charge in [0.1, 0.15) is 11.9 Å². The molecule has 0 radical (unpaired) electrons. The molecule has 3 fully saturated rings. The van der Waals surface area contributed by atoms with Crippen molar-refractivity contribution in [2.45, 2.75) is 25.9 Å². The number of carbonyl (C=O) groups is 4. The van der Waals surface area contributed by atoms with E-state index in [1.165, 1.54) is 24.3 Å². The SMILES string of the molecule is Cc1ccccc1C(=O)Oc1ccc(C(=O)COC(=O)[C@@H]2[C@@H]3C[C@@H]4[C@H]2C(=O)O[C@@H]4C3)cc1. The number of benzene rings is 2. The molecule has 164 valence electrons. The number of ketones is 1. The molecule has 2 aromatic rings. The molecule has 2 aromatic carbocycles. The zero-order valence-corrected chi connectivity index (χ0v) is 17.5. The summed E-state index contributed by atoms with van der Waals surface area (Å²) in [7, 11) is 0. The van der Waals surface area contributed by atoms with Crippen LogP contribution < -0.4 is 4.74 Å². The molecule has 1 aliphatic heterocycles. The molecule has 2 saturated carbocycles. The predicted molar refractivity (Wildman–Crippen MR) is 111 cm³/mol. The van der Waals surface area contributed by atoms with Crippen molar-refractivity contribution in [1.82, 2.24) is 0 Å². The van der Waals surface area contributed by atoms with E-state index in [0.29, 0.717) is 23.3 Å². The fourth-order valence-electron chi connectivity index (χ4n) is 5.31. The first-order valence-electron chi connectivity index (χ1n) is 10.7. The van der Waals surface area contributed by atoms with Gasteiger partial charge in [0, 0.05) is 11.5 Å². The van der Waals surface area contributed by atoms with Gasteiger partial charge >= 0.3 is 17.9 Å². The van der Waals surface area contributed by atoms with Crippen molar-refractivity contribution in [2.24, 2.45) is 23.7 Å². The summed E-state index contributed by atoms with van der Waals surface area (Å²) >= 11 is 0. The molecule has 2 bridgehead atoms. The highest BCUT2D eigenvalue weighted by molar-refractivity contribution is 5.98. The average Bonchev–Trinajstić information content (AvgIpc) is 3.41. The van der Waals surface area contributed by atoms with E-state index >= 15 is 0 Å². The number of rotatable bonds is 6. The van der Waals surface area contributed by atoms with Crippen LogP contribution in [0.1, 0.15) is 39.1 Å². The zero-order chi connectivity index (χ0) is 22.4. The van der Waals surface area contributed by atoms with Crippen molar-refractivity contribution in [3.63, 3.8) is 0 Å². The highest BCUT2D eigenvalue weighted by Gasteiger charge is 2.64. The third-order valence-electron chi connectivity index (χ3n) is 6.85. The minimum atomic E-state index is -0.512. The minimum Gasteiger partial charge on any atom is -0.462 e. The van der Waals surface area contributed by atoms with Gasteiger partial charge in [0.25, 0.3) is 0 Å². The standard InChI is InChI=1S/C25H22O7/c1-13-4-2-3-5-17(13)23(27)31-16-8-6-14(7-9-16)19(26)12-30-24(28)21-15-10-18-20(11-15)32-25(29)22(18)21/h2-9,15,18,20-22H,10-12H2,1H3/t15-,18+,20-,21-,22-/m1/s1. The third-order valence-corrected chi connectivity index (χ3v) is 6.85. The first-order chi connectivity index (χ1) is 15.4. The number of esters is 3. The first kappa shape index (κ1) is 20.4. The van der Waals surface area contributed by atoms with Crippen molar-refractivity contribution in [3.05, 3.63) is 65.2 Å². The van der Waals surface area contributed by atoms with Crippen LogP contribution in [0.3, 0.4) is 0 Å². The monoisotopic (exact) mass is 434 g/mol. The minimum absolute atomic E-state index is 0.0541. The van der Waals surface area contributed by atoms with Crippen molar-refractivity contribution in [3.8, 4) is 5.75 Å². The number of fused-ring (bicyclic) bond motifs is 1. The Bertz CT molecular complexity index is 1100. The second kappa shape index (κ2) is 7.89. The Morgan fingerprint density at radius 1 is 1.03 bits per heavy atom. The maximum Gasteiger partial charge on any atom is 0.343 e. The molecule has 3 aliphatic rings. The molecule has 1 heterocycles. The fourth-order valence-corrected chi connectivity index (χ4v) is 5.31. The number of carbonyl (C=O) groups excluding carboxylic acids is 4. The molecule has 2 aliphatic carbocycles. The van der Waals surface area contributed by atoms with Gasteiger partial charge in [0.15, 0.2) is 12.4 Å². The Balaban J connectivity index is 1.17. The van der Waals surface area contributed by atoms with Crippen molar-refractivity contribution < 1.29 is 33.4 Å². The Hall–Kier alpha value is -3.48. The number of hydrogen-bond acceptors (Lipinski definition) is 7. The second-order valence-corrected chi connectivity index (χ2v) is 8.68. The van der Waals surface area contributed by atoms with Gasteiger partial charge in [0.2, 0.25) is 0 Å². The van der Waals surface area contributed by atoms with Crippen LogP contribution in [0, 0.1) is 30.6 Å². The van der Waals surface area contributed by atoms with Gasteiger partial charge in [-0.1, -0.05) is 18.2 Å². The van der Waals surface area contributed by atoms with Crippen LogP contribution in [0.15, 0.2) is 48.5 Å². The smallest absolute Gasteiger partial charge is 0.343 e. The lowest BCUT2D eigenvalue weighted by atomic mass is 9.80. The normalized spacial score (nSPS) is 27.2. The van der Waals surface area contributed by atoms with Gasteiger partial charge in [-0.2, -0.15) is 0 Å². The Labute approximate surface area is 184 Å². The van der Waals surface area contributed by atoms with Crippen LogP contribution in [0.4, 0.5) is 0 Å². The van der Waals surface area contributed by atoms with E-state index in [9.17, 15) is 19.2 Å². The topological polar surface area (TPSA) is 96.0 Å². The van der Waals surface area contributed by atoms with Crippen molar-refractivity contribution in [2.75, 3.05) is 6.61 Å². The van der Waals surface area contributed by atoms with Crippen LogP contribution in [-0.2, 0) is 19.1 Å². The second-order valence-electron chi connectivity index (χ2n) is 8.68. The lowest BCUT2D eigenvalue weighted by Crippen LogP contribution is -2.34. The summed E-state index contributed by atoms with van der Waals surface area (Å²) in [4.78, 5) is 49.4. The van der Waals surface area contributed by atoms with E-state index in [2.05, 4.69) is 0 Å². The lowest BCUT2D eigenvalue weighted by Gasteiger charge is -2.22. The van der Waals surface area contributed by atoms with Gasteiger partial charge in [-0.25, -0.2) is 4.79 Å². The molecule has 7 heteroatoms. The molecular weight excluding hydrogens is 412 g/mol. The third kappa shape index (κ3) is 3.47. The summed E-state index contributed by atoms with van der Waals surface area (Å²) < 4.78 is 16.0. The lowest BCUT2D eigenvalue weighted by molar-refractivity contribution is -0.154. The number of Topliss-reactive ketones (excluding diaryl/α,β-unsaturated/α-hetero) is 1. The molecular formula is C25H22O7. The van der Waals surface area contributed by atoms with E-state index in [1.807, 2.05) is 19.1 Å². The average molecular weight is 434 g/mol. The van der Waals surface area contributed by atoms with Gasteiger partial charge in [0.05, 0.1) is 17.4 Å². The first-order valence-corrected chi connectivity index (χ1v) is 10.7. The molecule has 0 N–H and O–H groups in total. The van der Waals surface area contributed by atoms with Crippen molar-refractivity contribution in [1.29, 1.82) is 0 Å². The quantitative estimate of drug-likeness (QED) is 0.391. The fraction of sp³-hybridized carbons (Fsp3) is 0.360. The van der Waals surface area contributed by atoms with Crippen LogP contribution in [0.5, 0.6) is 5.75 Å². The maximum atomic E-state index is 12.6. The summed E-state index contributed by atoms with van der Waals surface area (Å²) in [5.74, 6) is -2.10. The number of aryl methyl sites for hydroxylation is 1. The molecule has 7 nitrogen and oxygen atoms in total. The van der Waals surface area contributed by atoms with Crippen molar-refractivity contribution >= 4 is 23.7 Å². The summed E-state index contributed by atoms with van der Waals surface area (Å²) in [5, 5.41) is 0. The molecule has 0 aromatic heterocycles. The number of hydrogen-bond donors (Lipinski definition) is 0. The van der Waals surface area contributed by atoms with Crippen LogP contribution in [-0.4, -0.2) is 36.4 Å². The van der Waals surface area contributed by atoms with E-state index in [-0.39, 0.29) is 29.7 Å². The van der Waals surface area contributed by atoms with E-state index < -0.39 is 30.4 Å². The molecule has 1 saturated heterocycles. The molecule has 5 rings (SSSR count). The Kier molecular flexibility index (Phi) is 5.04. The van der Waals surface area contributed by atoms with Crippen LogP contribution in [0.25, 0.3) is 0 Å². The van der Waals surface area contributed by atoms with Crippen LogP contribution in [0.2, 0.25) is 0 Å². The van der Waals surface area contributed by atoms with Gasteiger partial charge in [-0.3, -0.25) is 14.4 Å². The predicted octanol–water partition coefficient (Wildman–Crippen LogP) is 3.14. The van der Waals surface area contributed by atoms with Crippen LogP contribution >= 0.6 is 0 Å². The Morgan fingerprint density at radius 3 is 2.53 bits per heavy atom. The molecule has 32 heavy (non-hydrogen) atoms.